The summed E-state index contributed by atoms with van der Waals surface area (Å²) in [5, 5.41) is 3.66. The molecule has 0 aliphatic carbocycles. The van der Waals surface area contributed by atoms with Crippen molar-refractivity contribution < 1.29 is 4.74 Å². The Morgan fingerprint density at radius 1 is 0.913 bits per heavy atom. The number of hydrogen-bond acceptors (Lipinski definition) is 2. The first kappa shape index (κ1) is 17.6. The molecular weight excluding hydrogens is 282 g/mol. The lowest BCUT2D eigenvalue weighted by Crippen LogP contribution is -2.40. The number of ether oxygens (including phenoxy) is 1. The maximum absolute atomic E-state index is 5.35. The molecule has 2 rings (SSSR count). The summed E-state index contributed by atoms with van der Waals surface area (Å²) < 4.78 is 5.35. The molecule has 1 N–H and O–H groups in total. The van der Waals surface area contributed by atoms with Crippen molar-refractivity contribution in [3.05, 3.63) is 65.7 Å². The van der Waals surface area contributed by atoms with Gasteiger partial charge in [-0.2, -0.15) is 0 Å². The van der Waals surface area contributed by atoms with E-state index in [0.29, 0.717) is 5.92 Å². The zero-order valence-electron chi connectivity index (χ0n) is 14.8. The highest BCUT2D eigenvalue weighted by atomic mass is 16.5. The molecule has 23 heavy (non-hydrogen) atoms. The molecule has 0 fully saturated rings. The number of nitrogens with one attached hydrogen (secondary N) is 1. The third-order valence-corrected chi connectivity index (χ3v) is 3.95. The van der Waals surface area contributed by atoms with Crippen LogP contribution in [0.3, 0.4) is 0 Å². The van der Waals surface area contributed by atoms with Gasteiger partial charge in [-0.3, -0.25) is 0 Å². The van der Waals surface area contributed by atoms with Crippen LogP contribution in [0.2, 0.25) is 0 Å². The van der Waals surface area contributed by atoms with Crippen molar-refractivity contribution in [2.45, 2.75) is 39.2 Å². The molecule has 0 spiro atoms. The van der Waals surface area contributed by atoms with Crippen LogP contribution in [0, 0.1) is 5.92 Å². The van der Waals surface area contributed by atoms with Gasteiger partial charge in [-0.15, -0.1) is 0 Å². The van der Waals surface area contributed by atoms with E-state index in [1.54, 1.807) is 7.11 Å². The van der Waals surface area contributed by atoms with E-state index in [9.17, 15) is 0 Å². The van der Waals surface area contributed by atoms with Crippen molar-refractivity contribution in [2.75, 3.05) is 13.7 Å². The van der Waals surface area contributed by atoms with Gasteiger partial charge < -0.3 is 10.1 Å². The van der Waals surface area contributed by atoms with E-state index in [0.717, 1.165) is 25.1 Å². The van der Waals surface area contributed by atoms with E-state index >= 15 is 0 Å². The number of benzene rings is 2. The van der Waals surface area contributed by atoms with Gasteiger partial charge in [0.15, 0.2) is 0 Å². The molecule has 2 nitrogen and oxygen atoms in total. The second-order valence-electron chi connectivity index (χ2n) is 7.24. The number of methoxy groups -OCH3 is 1. The molecule has 0 radical (unpaired) electrons. The van der Waals surface area contributed by atoms with Crippen LogP contribution in [-0.4, -0.2) is 19.2 Å². The monoisotopic (exact) mass is 311 g/mol. The van der Waals surface area contributed by atoms with E-state index < -0.39 is 0 Å². The standard InChI is InChI=1S/C21H29NO/c1-21(2,3)22-16-19(13-17-9-6-5-7-10-17)14-18-11-8-12-20(15-18)23-4/h5-12,15,19,22H,13-14,16H2,1-4H3. The summed E-state index contributed by atoms with van der Waals surface area (Å²) in [5.41, 5.74) is 2.88. The van der Waals surface area contributed by atoms with E-state index in [1.807, 2.05) is 6.07 Å². The molecular formula is C21H29NO. The van der Waals surface area contributed by atoms with E-state index in [-0.39, 0.29) is 5.54 Å². The van der Waals surface area contributed by atoms with Gasteiger partial charge in [0.2, 0.25) is 0 Å². The van der Waals surface area contributed by atoms with E-state index in [1.165, 1.54) is 11.1 Å². The Bertz CT molecular complexity index is 586. The Balaban J connectivity index is 2.08. The molecule has 0 bridgehead atoms. The van der Waals surface area contributed by atoms with Crippen LogP contribution < -0.4 is 10.1 Å². The quantitative estimate of drug-likeness (QED) is 0.814. The zero-order valence-corrected chi connectivity index (χ0v) is 14.8. The van der Waals surface area contributed by atoms with Crippen LogP contribution in [0.4, 0.5) is 0 Å². The third kappa shape index (κ3) is 6.45. The normalized spacial score (nSPS) is 12.9. The fourth-order valence-electron chi connectivity index (χ4n) is 2.75. The summed E-state index contributed by atoms with van der Waals surface area (Å²) in [6.07, 6.45) is 2.14. The Labute approximate surface area is 140 Å². The molecule has 0 saturated heterocycles. The van der Waals surface area contributed by atoms with E-state index in [4.69, 9.17) is 4.74 Å². The van der Waals surface area contributed by atoms with E-state index in [2.05, 4.69) is 74.6 Å². The molecule has 0 aliphatic heterocycles. The van der Waals surface area contributed by atoms with Crippen LogP contribution in [0.15, 0.2) is 54.6 Å². The molecule has 2 aromatic carbocycles. The van der Waals surface area contributed by atoms with Gasteiger partial charge in [-0.05, 0) is 69.3 Å². The average Bonchev–Trinajstić information content (AvgIpc) is 2.53. The number of hydrogen-bond donors (Lipinski definition) is 1. The summed E-state index contributed by atoms with van der Waals surface area (Å²) in [5.74, 6) is 1.49. The predicted octanol–water partition coefficient (Wildman–Crippen LogP) is 4.48. The summed E-state index contributed by atoms with van der Waals surface area (Å²) in [6, 6.07) is 19.2. The minimum atomic E-state index is 0.142. The SMILES string of the molecule is COc1cccc(CC(CNC(C)(C)C)Cc2ccccc2)c1. The van der Waals surface area contributed by atoms with Crippen molar-refractivity contribution in [3.63, 3.8) is 0 Å². The van der Waals surface area contributed by atoms with Gasteiger partial charge in [0.25, 0.3) is 0 Å². The summed E-state index contributed by atoms with van der Waals surface area (Å²) >= 11 is 0. The fraction of sp³-hybridized carbons (Fsp3) is 0.429. The third-order valence-electron chi connectivity index (χ3n) is 3.95. The first-order chi connectivity index (χ1) is 11.0. The van der Waals surface area contributed by atoms with Crippen molar-refractivity contribution in [1.29, 1.82) is 0 Å². The Morgan fingerprint density at radius 2 is 1.57 bits per heavy atom. The van der Waals surface area contributed by atoms with Crippen LogP contribution >= 0.6 is 0 Å². The molecule has 1 atom stereocenters. The molecule has 0 amide bonds. The molecule has 0 heterocycles. The van der Waals surface area contributed by atoms with Gasteiger partial charge in [0.1, 0.15) is 5.75 Å². The van der Waals surface area contributed by atoms with Gasteiger partial charge >= 0.3 is 0 Å². The van der Waals surface area contributed by atoms with Crippen LogP contribution in [0.5, 0.6) is 5.75 Å². The highest BCUT2D eigenvalue weighted by Crippen LogP contribution is 2.19. The summed E-state index contributed by atoms with van der Waals surface area (Å²) in [7, 11) is 1.72. The second kappa shape index (κ2) is 8.16. The van der Waals surface area contributed by atoms with Crippen molar-refractivity contribution >= 4 is 0 Å². The highest BCUT2D eigenvalue weighted by Gasteiger charge is 2.15. The molecule has 124 valence electrons. The number of rotatable bonds is 7. The largest absolute Gasteiger partial charge is 0.497 e. The Kier molecular flexibility index (Phi) is 6.23. The molecule has 2 aromatic rings. The van der Waals surface area contributed by atoms with Crippen molar-refractivity contribution in [2.24, 2.45) is 5.92 Å². The average molecular weight is 311 g/mol. The minimum absolute atomic E-state index is 0.142. The molecule has 2 heteroatoms. The summed E-state index contributed by atoms with van der Waals surface area (Å²) in [6.45, 7) is 7.67. The Hall–Kier alpha value is -1.80. The maximum atomic E-state index is 5.35. The fourth-order valence-corrected chi connectivity index (χ4v) is 2.75. The minimum Gasteiger partial charge on any atom is -0.497 e. The van der Waals surface area contributed by atoms with Crippen LogP contribution in [0.1, 0.15) is 31.9 Å². The van der Waals surface area contributed by atoms with Gasteiger partial charge in [-0.25, -0.2) is 0 Å². The van der Waals surface area contributed by atoms with Crippen molar-refractivity contribution in [3.8, 4) is 5.75 Å². The first-order valence-electron chi connectivity index (χ1n) is 8.38. The lowest BCUT2D eigenvalue weighted by atomic mass is 9.91. The molecule has 0 aromatic heterocycles. The lowest BCUT2D eigenvalue weighted by Gasteiger charge is -2.25. The molecule has 0 aliphatic rings. The van der Waals surface area contributed by atoms with Gasteiger partial charge in [0, 0.05) is 5.54 Å². The van der Waals surface area contributed by atoms with Gasteiger partial charge in [-0.1, -0.05) is 42.5 Å². The van der Waals surface area contributed by atoms with Crippen molar-refractivity contribution in [1.82, 2.24) is 5.32 Å². The smallest absolute Gasteiger partial charge is 0.119 e. The predicted molar refractivity (Wildman–Crippen MR) is 98.1 cm³/mol. The first-order valence-corrected chi connectivity index (χ1v) is 8.38. The topological polar surface area (TPSA) is 21.3 Å². The zero-order chi connectivity index (χ0) is 16.7. The molecule has 0 saturated carbocycles. The van der Waals surface area contributed by atoms with Crippen LogP contribution in [0.25, 0.3) is 0 Å². The lowest BCUT2D eigenvalue weighted by molar-refractivity contribution is 0.366. The Morgan fingerprint density at radius 3 is 2.22 bits per heavy atom. The molecule has 1 unspecified atom stereocenters. The van der Waals surface area contributed by atoms with Gasteiger partial charge in [0.05, 0.1) is 7.11 Å². The summed E-state index contributed by atoms with van der Waals surface area (Å²) in [4.78, 5) is 0. The van der Waals surface area contributed by atoms with Crippen LogP contribution in [-0.2, 0) is 12.8 Å². The second-order valence-corrected chi connectivity index (χ2v) is 7.24. The maximum Gasteiger partial charge on any atom is 0.119 e. The highest BCUT2D eigenvalue weighted by molar-refractivity contribution is 5.29.